The largest absolute Gasteiger partial charge is 0.344 e. The monoisotopic (exact) mass is 620 g/mol. The first-order valence-corrected chi connectivity index (χ1v) is 17.6. The fraction of sp³-hybridized carbons (Fsp3) is 0.341. The maximum Gasteiger partial charge on any atom is 0.205 e. The minimum Gasteiger partial charge on any atom is -0.344 e. The second kappa shape index (κ2) is 11.7. The van der Waals surface area contributed by atoms with Crippen LogP contribution in [-0.2, 0) is 10.8 Å². The van der Waals surface area contributed by atoms with Crippen LogP contribution in [-0.4, -0.2) is 37.5 Å². The number of fused-ring (bicyclic) bond motifs is 6. The number of hydrogen-bond donors (Lipinski definition) is 0. The molecule has 0 radical (unpaired) electrons. The Labute approximate surface area is 281 Å². The predicted molar refractivity (Wildman–Crippen MR) is 203 cm³/mol. The summed E-state index contributed by atoms with van der Waals surface area (Å²) >= 11 is 0. The Hall–Kier alpha value is -4.37. The van der Waals surface area contributed by atoms with Crippen molar-refractivity contribution in [2.24, 2.45) is 0 Å². The van der Waals surface area contributed by atoms with Crippen molar-refractivity contribution in [2.75, 3.05) is 37.0 Å². The van der Waals surface area contributed by atoms with Gasteiger partial charge in [0.1, 0.15) is 14.1 Å². The molecule has 1 aliphatic carbocycles. The first-order valence-electron chi connectivity index (χ1n) is 17.6. The highest BCUT2D eigenvalue weighted by molar-refractivity contribution is 6.10. The molecule has 47 heavy (non-hydrogen) atoms. The third-order valence-electron chi connectivity index (χ3n) is 11.0. The zero-order chi connectivity index (χ0) is 33.1. The van der Waals surface area contributed by atoms with Crippen molar-refractivity contribution < 1.29 is 4.58 Å². The van der Waals surface area contributed by atoms with Crippen LogP contribution in [0.25, 0.3) is 21.5 Å². The van der Waals surface area contributed by atoms with E-state index < -0.39 is 0 Å². The van der Waals surface area contributed by atoms with Crippen molar-refractivity contribution in [1.82, 2.24) is 0 Å². The standard InChI is InChI=1S/C44H50N3/c1-9-46-36-26-22-30-16-11-13-20-34(30)40(36)43(3,4)38(46)28-24-32-18-15-19-33(42(32)45(7)8)25-29-39-44(5,6)41-35-21-14-12-17-31(35)23-27-37(41)47(39)10-2/h11-14,16-17,20-29H,9-10,15,18-19H2,1-8H3/q+1. The molecular formula is C44H50N3+. The van der Waals surface area contributed by atoms with E-state index in [4.69, 9.17) is 0 Å². The Bertz CT molecular complexity index is 1920. The van der Waals surface area contributed by atoms with Crippen molar-refractivity contribution >= 4 is 38.6 Å². The van der Waals surface area contributed by atoms with Gasteiger partial charge in [-0.25, -0.2) is 4.58 Å². The zero-order valence-electron chi connectivity index (χ0n) is 29.6. The van der Waals surface area contributed by atoms with Crippen LogP contribution >= 0.6 is 0 Å². The molecule has 4 aromatic carbocycles. The molecule has 0 spiro atoms. The molecule has 0 atom stereocenters. The van der Waals surface area contributed by atoms with E-state index in [1.54, 1.807) is 0 Å². The summed E-state index contributed by atoms with van der Waals surface area (Å²) in [7, 11) is 4.42. The maximum absolute atomic E-state index is 2.53. The second-order valence-electron chi connectivity index (χ2n) is 14.7. The molecule has 0 amide bonds. The molecule has 3 nitrogen and oxygen atoms in total. The Morgan fingerprint density at radius 2 is 1.02 bits per heavy atom. The van der Waals surface area contributed by atoms with Crippen LogP contribution < -0.4 is 9.80 Å². The van der Waals surface area contributed by atoms with Crippen molar-refractivity contribution in [2.45, 2.75) is 71.6 Å². The molecule has 0 bridgehead atoms. The van der Waals surface area contributed by atoms with E-state index in [2.05, 4.69) is 167 Å². The smallest absolute Gasteiger partial charge is 0.205 e. The molecule has 1 saturated carbocycles. The molecule has 3 heteroatoms. The fourth-order valence-corrected chi connectivity index (χ4v) is 8.92. The van der Waals surface area contributed by atoms with Gasteiger partial charge in [0, 0.05) is 57.8 Å². The van der Waals surface area contributed by atoms with E-state index in [-0.39, 0.29) is 10.8 Å². The Balaban J connectivity index is 1.28. The highest BCUT2D eigenvalue weighted by Crippen LogP contribution is 2.52. The Morgan fingerprint density at radius 3 is 1.43 bits per heavy atom. The van der Waals surface area contributed by atoms with Gasteiger partial charge in [0.25, 0.3) is 0 Å². The number of nitrogens with zero attached hydrogens (tertiary/aromatic N) is 3. The van der Waals surface area contributed by atoms with Crippen LogP contribution in [0.1, 0.15) is 71.9 Å². The average Bonchev–Trinajstić information content (AvgIpc) is 3.43. The van der Waals surface area contributed by atoms with Gasteiger partial charge in [-0.1, -0.05) is 101 Å². The molecule has 3 aliphatic rings. The molecule has 2 heterocycles. The first kappa shape index (κ1) is 31.2. The van der Waals surface area contributed by atoms with Gasteiger partial charge in [0.2, 0.25) is 5.71 Å². The number of anilines is 2. The summed E-state index contributed by atoms with van der Waals surface area (Å²) in [5, 5.41) is 5.37. The maximum atomic E-state index is 2.53. The number of allylic oxidation sites excluding steroid dienone is 8. The Kier molecular flexibility index (Phi) is 7.78. The summed E-state index contributed by atoms with van der Waals surface area (Å²) in [6.07, 6.45) is 13.1. The first-order chi connectivity index (χ1) is 22.6. The lowest BCUT2D eigenvalue weighted by Gasteiger charge is -2.27. The van der Waals surface area contributed by atoms with Gasteiger partial charge >= 0.3 is 0 Å². The summed E-state index contributed by atoms with van der Waals surface area (Å²) in [5.41, 5.74) is 12.4. The number of benzene rings is 4. The van der Waals surface area contributed by atoms with Gasteiger partial charge < -0.3 is 9.80 Å². The van der Waals surface area contributed by atoms with Gasteiger partial charge in [-0.15, -0.1) is 0 Å². The summed E-state index contributed by atoms with van der Waals surface area (Å²) in [5.74, 6) is 0. The van der Waals surface area contributed by atoms with Crippen molar-refractivity contribution in [3.05, 3.63) is 131 Å². The molecule has 0 aromatic heterocycles. The van der Waals surface area contributed by atoms with Gasteiger partial charge in [0.15, 0.2) is 0 Å². The lowest BCUT2D eigenvalue weighted by Crippen LogP contribution is -2.26. The SMILES string of the molecule is CCN1/C(=C/C=C2\CCC/C(=C\C=C3\N(CC)c4ccc5ccccc5c4C3(C)C)C2=[N+](C)C)C(C)(C)c2c1ccc1ccccc21. The van der Waals surface area contributed by atoms with Gasteiger partial charge in [-0.3, -0.25) is 0 Å². The van der Waals surface area contributed by atoms with Gasteiger partial charge in [-0.2, -0.15) is 0 Å². The molecular weight excluding hydrogens is 571 g/mol. The summed E-state index contributed by atoms with van der Waals surface area (Å²) < 4.78 is 2.34. The van der Waals surface area contributed by atoms with Crippen LogP contribution in [0.5, 0.6) is 0 Å². The van der Waals surface area contributed by atoms with Crippen molar-refractivity contribution in [1.29, 1.82) is 0 Å². The Morgan fingerprint density at radius 1 is 0.596 bits per heavy atom. The molecule has 7 rings (SSSR count). The van der Waals surface area contributed by atoms with Crippen LogP contribution in [0, 0.1) is 0 Å². The van der Waals surface area contributed by atoms with E-state index >= 15 is 0 Å². The molecule has 240 valence electrons. The minimum absolute atomic E-state index is 0.0872. The third-order valence-corrected chi connectivity index (χ3v) is 11.0. The van der Waals surface area contributed by atoms with Crippen LogP contribution in [0.4, 0.5) is 11.4 Å². The lowest BCUT2D eigenvalue weighted by atomic mass is 9.80. The molecule has 0 N–H and O–H groups in total. The summed E-state index contributed by atoms with van der Waals surface area (Å²) in [4.78, 5) is 5.06. The normalized spacial score (nSPS) is 21.9. The molecule has 0 unspecified atom stereocenters. The molecule has 4 aromatic rings. The highest BCUT2D eigenvalue weighted by Gasteiger charge is 2.42. The lowest BCUT2D eigenvalue weighted by molar-refractivity contribution is -0.463. The van der Waals surface area contributed by atoms with Crippen molar-refractivity contribution in [3.63, 3.8) is 0 Å². The quantitative estimate of drug-likeness (QED) is 0.210. The summed E-state index contributed by atoms with van der Waals surface area (Å²) in [6.45, 7) is 16.1. The van der Waals surface area contributed by atoms with E-state index in [0.717, 1.165) is 25.9 Å². The topological polar surface area (TPSA) is 9.49 Å². The number of rotatable bonds is 4. The van der Waals surface area contributed by atoms with Crippen LogP contribution in [0.15, 0.2) is 120 Å². The van der Waals surface area contributed by atoms with Gasteiger partial charge in [0.05, 0.1) is 0 Å². The number of likely N-dealkylation sites (N-methyl/N-ethyl adjacent to an activating group) is 2. The molecule has 0 saturated heterocycles. The second-order valence-corrected chi connectivity index (χ2v) is 14.7. The average molecular weight is 621 g/mol. The third kappa shape index (κ3) is 4.89. The highest BCUT2D eigenvalue weighted by atomic mass is 15.2. The van der Waals surface area contributed by atoms with E-state index in [1.807, 2.05) is 0 Å². The van der Waals surface area contributed by atoms with E-state index in [0.29, 0.717) is 0 Å². The minimum atomic E-state index is -0.0872. The fourth-order valence-electron chi connectivity index (χ4n) is 8.92. The van der Waals surface area contributed by atoms with Gasteiger partial charge in [-0.05, 0) is 90.1 Å². The number of hydrogen-bond acceptors (Lipinski definition) is 2. The molecule has 1 fully saturated rings. The van der Waals surface area contributed by atoms with E-state index in [1.165, 1.54) is 78.7 Å². The zero-order valence-corrected chi connectivity index (χ0v) is 29.6. The van der Waals surface area contributed by atoms with Crippen molar-refractivity contribution in [3.8, 4) is 0 Å². The molecule has 2 aliphatic heterocycles. The predicted octanol–water partition coefficient (Wildman–Crippen LogP) is 10.4. The van der Waals surface area contributed by atoms with E-state index in [9.17, 15) is 0 Å². The van der Waals surface area contributed by atoms with Crippen LogP contribution in [0.2, 0.25) is 0 Å². The summed E-state index contributed by atoms with van der Waals surface area (Å²) in [6, 6.07) is 26.9. The van der Waals surface area contributed by atoms with Crippen LogP contribution in [0.3, 0.4) is 0 Å².